The lowest BCUT2D eigenvalue weighted by Gasteiger charge is -2.18. The van der Waals surface area contributed by atoms with E-state index in [1.54, 1.807) is 31.3 Å². The predicted octanol–water partition coefficient (Wildman–Crippen LogP) is 2.65. The number of rotatable bonds is 6. The van der Waals surface area contributed by atoms with E-state index in [4.69, 9.17) is 17.3 Å². The van der Waals surface area contributed by atoms with E-state index in [2.05, 4.69) is 5.32 Å². The Bertz CT molecular complexity index is 750. The minimum absolute atomic E-state index is 0.0143. The number of likely N-dealkylation sites (N-methyl/N-ethyl adjacent to an activating group) is 1. The van der Waals surface area contributed by atoms with Gasteiger partial charge >= 0.3 is 0 Å². The highest BCUT2D eigenvalue weighted by atomic mass is 35.5. The van der Waals surface area contributed by atoms with Gasteiger partial charge in [-0.15, -0.1) is 0 Å². The molecule has 0 spiro atoms. The molecule has 0 aliphatic heterocycles. The Balaban J connectivity index is 1.97. The van der Waals surface area contributed by atoms with Crippen LogP contribution < -0.4 is 11.1 Å². The minimum Gasteiger partial charge on any atom is -0.376 e. The Kier molecular flexibility index (Phi) is 5.76. The molecule has 0 radical (unpaired) electrons. The van der Waals surface area contributed by atoms with Crippen molar-refractivity contribution in [2.45, 2.75) is 6.54 Å². The van der Waals surface area contributed by atoms with Crippen molar-refractivity contribution in [1.29, 1.82) is 0 Å². The first-order valence-electron chi connectivity index (χ1n) is 7.18. The van der Waals surface area contributed by atoms with E-state index in [0.29, 0.717) is 17.3 Å². The summed E-state index contributed by atoms with van der Waals surface area (Å²) in [5.41, 5.74) is 6.78. The van der Waals surface area contributed by atoms with Crippen LogP contribution in [0.15, 0.2) is 42.5 Å². The molecule has 126 valence electrons. The van der Waals surface area contributed by atoms with Crippen LogP contribution in [-0.2, 0) is 11.3 Å². The summed E-state index contributed by atoms with van der Waals surface area (Å²) < 4.78 is 12.9. The average molecular weight is 350 g/mol. The summed E-state index contributed by atoms with van der Waals surface area (Å²) in [7, 11) is 1.64. The van der Waals surface area contributed by atoms with Crippen LogP contribution in [0.3, 0.4) is 0 Å². The molecule has 0 bridgehead atoms. The van der Waals surface area contributed by atoms with Crippen LogP contribution in [-0.4, -0.2) is 30.3 Å². The second kappa shape index (κ2) is 7.79. The van der Waals surface area contributed by atoms with Gasteiger partial charge in [-0.25, -0.2) is 4.39 Å². The molecule has 2 aromatic rings. The van der Waals surface area contributed by atoms with Gasteiger partial charge in [-0.3, -0.25) is 9.59 Å². The maximum atomic E-state index is 12.9. The van der Waals surface area contributed by atoms with Gasteiger partial charge in [0.25, 0.3) is 5.91 Å². The van der Waals surface area contributed by atoms with Gasteiger partial charge in [-0.05, 0) is 35.9 Å². The number of nitrogens with two attached hydrogens (primary N) is 1. The van der Waals surface area contributed by atoms with Crippen molar-refractivity contribution >= 4 is 29.1 Å². The summed E-state index contributed by atoms with van der Waals surface area (Å²) >= 11 is 5.84. The number of hydrogen-bond donors (Lipinski definition) is 2. The zero-order valence-electron chi connectivity index (χ0n) is 13.1. The quantitative estimate of drug-likeness (QED) is 0.841. The molecule has 5 nitrogen and oxygen atoms in total. The number of nitrogens with zero attached hydrogens (tertiary/aromatic N) is 1. The van der Waals surface area contributed by atoms with Crippen LogP contribution in [0, 0.1) is 5.82 Å². The molecule has 0 fully saturated rings. The largest absolute Gasteiger partial charge is 0.376 e. The van der Waals surface area contributed by atoms with Gasteiger partial charge in [0, 0.05) is 24.3 Å². The van der Waals surface area contributed by atoms with Gasteiger partial charge in [0.15, 0.2) is 0 Å². The van der Waals surface area contributed by atoms with Gasteiger partial charge in [0.2, 0.25) is 5.91 Å². The molecule has 0 saturated carbocycles. The number of nitrogens with one attached hydrogen (secondary N) is 1. The van der Waals surface area contributed by atoms with E-state index < -0.39 is 5.91 Å². The molecule has 0 heterocycles. The van der Waals surface area contributed by atoms with Crippen LogP contribution >= 0.6 is 11.6 Å². The standard InChI is InChI=1S/C17H17ClFN3O2/c1-22(10-11-2-5-13(19)6-3-11)16(23)9-21-15-7-4-12(18)8-14(15)17(20)24/h2-8,21H,9-10H2,1H3,(H2,20,24). The minimum atomic E-state index is -0.632. The summed E-state index contributed by atoms with van der Waals surface area (Å²) in [6, 6.07) is 10.6. The van der Waals surface area contributed by atoms with E-state index in [1.165, 1.54) is 23.1 Å². The molecule has 0 aromatic heterocycles. The van der Waals surface area contributed by atoms with Crippen molar-refractivity contribution in [3.05, 3.63) is 64.4 Å². The third kappa shape index (κ3) is 4.70. The third-order valence-electron chi connectivity index (χ3n) is 3.44. The van der Waals surface area contributed by atoms with Crippen LogP contribution in [0.5, 0.6) is 0 Å². The number of primary amides is 1. The molecule has 0 saturated heterocycles. The molecule has 0 atom stereocenters. The Hall–Kier alpha value is -2.60. The summed E-state index contributed by atoms with van der Waals surface area (Å²) in [5, 5.41) is 3.27. The van der Waals surface area contributed by atoms with Gasteiger partial charge in [0.1, 0.15) is 5.82 Å². The zero-order valence-corrected chi connectivity index (χ0v) is 13.8. The van der Waals surface area contributed by atoms with E-state index >= 15 is 0 Å². The lowest BCUT2D eigenvalue weighted by atomic mass is 10.1. The van der Waals surface area contributed by atoms with Gasteiger partial charge in [-0.2, -0.15) is 0 Å². The molecular formula is C17H17ClFN3O2. The molecule has 24 heavy (non-hydrogen) atoms. The topological polar surface area (TPSA) is 75.4 Å². The first kappa shape index (κ1) is 17.7. The normalized spacial score (nSPS) is 10.3. The highest BCUT2D eigenvalue weighted by Crippen LogP contribution is 2.20. The van der Waals surface area contributed by atoms with Crippen LogP contribution in [0.1, 0.15) is 15.9 Å². The lowest BCUT2D eigenvalue weighted by Crippen LogP contribution is -2.32. The molecule has 0 unspecified atom stereocenters. The maximum Gasteiger partial charge on any atom is 0.250 e. The zero-order chi connectivity index (χ0) is 17.7. The summed E-state index contributed by atoms with van der Waals surface area (Å²) in [4.78, 5) is 25.1. The first-order valence-corrected chi connectivity index (χ1v) is 7.56. The second-order valence-electron chi connectivity index (χ2n) is 5.28. The van der Waals surface area contributed by atoms with Crippen molar-refractivity contribution in [3.8, 4) is 0 Å². The van der Waals surface area contributed by atoms with Gasteiger partial charge in [0.05, 0.1) is 12.1 Å². The monoisotopic (exact) mass is 349 g/mol. The molecule has 3 N–H and O–H groups in total. The Morgan fingerprint density at radius 2 is 1.88 bits per heavy atom. The third-order valence-corrected chi connectivity index (χ3v) is 3.67. The number of benzene rings is 2. The number of hydrogen-bond acceptors (Lipinski definition) is 3. The van der Waals surface area contributed by atoms with Crippen LogP contribution in [0.25, 0.3) is 0 Å². The van der Waals surface area contributed by atoms with Gasteiger partial charge < -0.3 is 16.0 Å². The van der Waals surface area contributed by atoms with E-state index in [0.717, 1.165) is 5.56 Å². The van der Waals surface area contributed by atoms with E-state index in [1.807, 2.05) is 0 Å². The highest BCUT2D eigenvalue weighted by Gasteiger charge is 2.13. The van der Waals surface area contributed by atoms with Crippen molar-refractivity contribution in [2.75, 3.05) is 18.9 Å². The molecule has 2 rings (SSSR count). The fraction of sp³-hybridized carbons (Fsp3) is 0.176. The van der Waals surface area contributed by atoms with Crippen molar-refractivity contribution in [1.82, 2.24) is 4.90 Å². The summed E-state index contributed by atoms with van der Waals surface area (Å²) in [6.07, 6.45) is 0. The fourth-order valence-electron chi connectivity index (χ4n) is 2.13. The number of carbonyl (C=O) groups excluding carboxylic acids is 2. The van der Waals surface area contributed by atoms with Gasteiger partial charge in [-0.1, -0.05) is 23.7 Å². The highest BCUT2D eigenvalue weighted by molar-refractivity contribution is 6.31. The molecule has 0 aliphatic carbocycles. The molecule has 2 aromatic carbocycles. The lowest BCUT2D eigenvalue weighted by molar-refractivity contribution is -0.128. The molecule has 7 heteroatoms. The predicted molar refractivity (Wildman–Crippen MR) is 91.3 cm³/mol. The van der Waals surface area contributed by atoms with E-state index in [9.17, 15) is 14.0 Å². The molecule has 0 aliphatic rings. The second-order valence-corrected chi connectivity index (χ2v) is 5.72. The summed E-state index contributed by atoms with van der Waals surface area (Å²) in [6.45, 7) is 0.337. The Labute approximate surface area is 144 Å². The number of anilines is 1. The SMILES string of the molecule is CN(Cc1ccc(F)cc1)C(=O)CNc1ccc(Cl)cc1C(N)=O. The smallest absolute Gasteiger partial charge is 0.250 e. The van der Waals surface area contributed by atoms with Crippen molar-refractivity contribution < 1.29 is 14.0 Å². The van der Waals surface area contributed by atoms with Crippen LogP contribution in [0.2, 0.25) is 5.02 Å². The fourth-order valence-corrected chi connectivity index (χ4v) is 2.30. The van der Waals surface area contributed by atoms with E-state index in [-0.39, 0.29) is 23.8 Å². The Morgan fingerprint density at radius 3 is 2.50 bits per heavy atom. The molecular weight excluding hydrogens is 333 g/mol. The van der Waals surface area contributed by atoms with Crippen LogP contribution in [0.4, 0.5) is 10.1 Å². The number of halogens is 2. The summed E-state index contributed by atoms with van der Waals surface area (Å²) in [5.74, 6) is -1.15. The average Bonchev–Trinajstić information content (AvgIpc) is 2.55. The molecule has 2 amide bonds. The number of carbonyl (C=O) groups is 2. The van der Waals surface area contributed by atoms with Crippen molar-refractivity contribution in [2.24, 2.45) is 5.73 Å². The Morgan fingerprint density at radius 1 is 1.21 bits per heavy atom. The first-order chi connectivity index (χ1) is 11.4. The van der Waals surface area contributed by atoms with Crippen molar-refractivity contribution in [3.63, 3.8) is 0 Å². The maximum absolute atomic E-state index is 12.9. The number of amides is 2.